The molecule has 0 amide bonds. The number of aromatic nitrogens is 6. The van der Waals surface area contributed by atoms with Crippen LogP contribution in [0, 0.1) is 0 Å². The second kappa shape index (κ2) is 4.05. The van der Waals surface area contributed by atoms with Gasteiger partial charge >= 0.3 is 0 Å². The second-order valence-corrected chi connectivity index (χ2v) is 3.00. The molecule has 0 aliphatic carbocycles. The number of hydrogen-bond acceptors (Lipinski definition) is 7. The van der Waals surface area contributed by atoms with E-state index in [-0.39, 0.29) is 11.1 Å². The van der Waals surface area contributed by atoms with Crippen LogP contribution in [0.4, 0.5) is 11.8 Å². The highest BCUT2D eigenvalue weighted by Crippen LogP contribution is 2.12. The molecule has 0 saturated heterocycles. The van der Waals surface area contributed by atoms with Crippen molar-refractivity contribution in [3.63, 3.8) is 0 Å². The van der Waals surface area contributed by atoms with Gasteiger partial charge in [0.25, 0.3) is 0 Å². The average Bonchev–Trinajstić information content (AvgIpc) is 2.65. The minimum atomic E-state index is 0.109. The summed E-state index contributed by atoms with van der Waals surface area (Å²) >= 11 is 5.69. The SMILES string of the molecule is Nc1nc(Cl)cc(NCc2nn[nH]n2)n1. The maximum Gasteiger partial charge on any atom is 0.223 e. The summed E-state index contributed by atoms with van der Waals surface area (Å²) in [5.74, 6) is 1.14. The molecular formula is C6H7ClN8. The fourth-order valence-corrected chi connectivity index (χ4v) is 1.14. The molecule has 0 bridgehead atoms. The maximum absolute atomic E-state index is 5.69. The zero-order chi connectivity index (χ0) is 10.7. The lowest BCUT2D eigenvalue weighted by Gasteiger charge is -2.03. The topological polar surface area (TPSA) is 118 Å². The minimum absolute atomic E-state index is 0.109. The van der Waals surface area contributed by atoms with Crippen LogP contribution >= 0.6 is 11.6 Å². The van der Waals surface area contributed by atoms with E-state index in [1.165, 1.54) is 0 Å². The van der Waals surface area contributed by atoms with Gasteiger partial charge in [-0.15, -0.1) is 10.2 Å². The van der Waals surface area contributed by atoms with Gasteiger partial charge in [0, 0.05) is 6.07 Å². The quantitative estimate of drug-likeness (QED) is 0.622. The number of hydrogen-bond donors (Lipinski definition) is 3. The van der Waals surface area contributed by atoms with Gasteiger partial charge in [0.1, 0.15) is 11.0 Å². The Bertz CT molecular complexity index is 420. The largest absolute Gasteiger partial charge is 0.368 e. The Morgan fingerprint density at radius 3 is 3.00 bits per heavy atom. The lowest BCUT2D eigenvalue weighted by Crippen LogP contribution is -2.05. The molecule has 0 unspecified atom stereocenters. The molecule has 78 valence electrons. The number of rotatable bonds is 3. The first-order chi connectivity index (χ1) is 7.24. The van der Waals surface area contributed by atoms with Crippen molar-refractivity contribution in [1.82, 2.24) is 30.6 Å². The third kappa shape index (κ3) is 2.50. The summed E-state index contributed by atoms with van der Waals surface area (Å²) in [6.07, 6.45) is 0. The van der Waals surface area contributed by atoms with Crippen molar-refractivity contribution in [1.29, 1.82) is 0 Å². The Morgan fingerprint density at radius 2 is 2.33 bits per heavy atom. The van der Waals surface area contributed by atoms with Gasteiger partial charge < -0.3 is 11.1 Å². The molecule has 2 rings (SSSR count). The van der Waals surface area contributed by atoms with Gasteiger partial charge in [0.15, 0.2) is 5.82 Å². The Hall–Kier alpha value is -1.96. The van der Waals surface area contributed by atoms with Crippen LogP contribution < -0.4 is 11.1 Å². The molecule has 4 N–H and O–H groups in total. The molecule has 0 aromatic carbocycles. The normalized spacial score (nSPS) is 10.2. The van der Waals surface area contributed by atoms with Gasteiger partial charge in [0.2, 0.25) is 5.95 Å². The predicted octanol–water partition coefficient (Wildman–Crippen LogP) is -0.163. The molecule has 0 atom stereocenters. The lowest BCUT2D eigenvalue weighted by molar-refractivity contribution is 0.881. The molecule has 9 heteroatoms. The van der Waals surface area contributed by atoms with Crippen LogP contribution in [0.25, 0.3) is 0 Å². The number of anilines is 2. The number of tetrazole rings is 1. The molecule has 0 radical (unpaired) electrons. The van der Waals surface area contributed by atoms with Gasteiger partial charge in [-0.1, -0.05) is 16.8 Å². The number of aromatic amines is 1. The van der Waals surface area contributed by atoms with Crippen LogP contribution in [-0.2, 0) is 6.54 Å². The van der Waals surface area contributed by atoms with Crippen LogP contribution in [-0.4, -0.2) is 30.6 Å². The third-order valence-electron chi connectivity index (χ3n) is 1.53. The third-order valence-corrected chi connectivity index (χ3v) is 1.72. The zero-order valence-corrected chi connectivity index (χ0v) is 8.23. The highest BCUT2D eigenvalue weighted by atomic mass is 35.5. The van der Waals surface area contributed by atoms with Crippen molar-refractivity contribution >= 4 is 23.4 Å². The van der Waals surface area contributed by atoms with Gasteiger partial charge in [0.05, 0.1) is 6.54 Å². The minimum Gasteiger partial charge on any atom is -0.368 e. The van der Waals surface area contributed by atoms with Crippen LogP contribution in [0.5, 0.6) is 0 Å². The summed E-state index contributed by atoms with van der Waals surface area (Å²) in [4.78, 5) is 7.64. The average molecular weight is 227 g/mol. The van der Waals surface area contributed by atoms with Crippen LogP contribution in [0.15, 0.2) is 6.07 Å². The number of nitrogens with one attached hydrogen (secondary N) is 2. The van der Waals surface area contributed by atoms with Crippen molar-refractivity contribution in [3.05, 3.63) is 17.0 Å². The summed E-state index contributed by atoms with van der Waals surface area (Å²) < 4.78 is 0. The molecule has 0 aliphatic heterocycles. The summed E-state index contributed by atoms with van der Waals surface area (Å²) in [7, 11) is 0. The summed E-state index contributed by atoms with van der Waals surface area (Å²) in [6.45, 7) is 0.378. The first-order valence-electron chi connectivity index (χ1n) is 4.00. The predicted molar refractivity (Wildman–Crippen MR) is 53.0 cm³/mol. The first kappa shape index (κ1) is 9.59. The number of nitrogen functional groups attached to an aromatic ring is 1. The fourth-order valence-electron chi connectivity index (χ4n) is 0.953. The van der Waals surface area contributed by atoms with Gasteiger partial charge in [-0.2, -0.15) is 10.2 Å². The van der Waals surface area contributed by atoms with Crippen LogP contribution in [0.2, 0.25) is 5.15 Å². The fraction of sp³-hybridized carbons (Fsp3) is 0.167. The van der Waals surface area contributed by atoms with Crippen LogP contribution in [0.1, 0.15) is 5.82 Å². The van der Waals surface area contributed by atoms with Gasteiger partial charge in [-0.3, -0.25) is 0 Å². The summed E-state index contributed by atoms with van der Waals surface area (Å²) in [6, 6.07) is 1.55. The van der Waals surface area contributed by atoms with E-state index < -0.39 is 0 Å². The van der Waals surface area contributed by atoms with E-state index in [4.69, 9.17) is 17.3 Å². The van der Waals surface area contributed by atoms with Crippen molar-refractivity contribution in [2.75, 3.05) is 11.1 Å². The van der Waals surface area contributed by atoms with E-state index in [1.54, 1.807) is 6.07 Å². The van der Waals surface area contributed by atoms with E-state index in [9.17, 15) is 0 Å². The zero-order valence-electron chi connectivity index (χ0n) is 7.48. The first-order valence-corrected chi connectivity index (χ1v) is 4.38. The molecule has 0 fully saturated rings. The van der Waals surface area contributed by atoms with E-state index in [2.05, 4.69) is 35.9 Å². The summed E-state index contributed by atoms with van der Waals surface area (Å²) in [5.41, 5.74) is 5.41. The molecule has 2 heterocycles. The van der Waals surface area contributed by atoms with E-state index in [0.29, 0.717) is 18.2 Å². The summed E-state index contributed by atoms with van der Waals surface area (Å²) in [5, 5.41) is 16.5. The Balaban J connectivity index is 2.05. The number of nitrogens with two attached hydrogens (primary N) is 1. The molecule has 15 heavy (non-hydrogen) atoms. The molecule has 8 nitrogen and oxygen atoms in total. The monoisotopic (exact) mass is 226 g/mol. The highest BCUT2D eigenvalue weighted by molar-refractivity contribution is 6.29. The van der Waals surface area contributed by atoms with Crippen molar-refractivity contribution in [2.45, 2.75) is 6.54 Å². The Labute approximate surface area is 89.3 Å². The molecule has 0 aliphatic rings. The number of H-pyrrole nitrogens is 1. The van der Waals surface area contributed by atoms with E-state index in [0.717, 1.165) is 0 Å². The van der Waals surface area contributed by atoms with Crippen molar-refractivity contribution < 1.29 is 0 Å². The highest BCUT2D eigenvalue weighted by Gasteiger charge is 2.02. The molecule has 2 aromatic rings. The second-order valence-electron chi connectivity index (χ2n) is 2.62. The molecular weight excluding hydrogens is 220 g/mol. The van der Waals surface area contributed by atoms with Crippen molar-refractivity contribution in [2.24, 2.45) is 0 Å². The molecule has 2 aromatic heterocycles. The van der Waals surface area contributed by atoms with E-state index in [1.807, 2.05) is 0 Å². The molecule has 0 saturated carbocycles. The number of halogens is 1. The molecule has 0 spiro atoms. The number of nitrogens with zero attached hydrogens (tertiary/aromatic N) is 5. The standard InChI is InChI=1S/C6H7ClN8/c7-3-1-4(11-6(8)10-3)9-2-5-12-14-15-13-5/h1H,2H2,(H3,8,9,10,11)(H,12,13,14,15). The smallest absolute Gasteiger partial charge is 0.223 e. The van der Waals surface area contributed by atoms with Gasteiger partial charge in [-0.25, -0.2) is 4.98 Å². The maximum atomic E-state index is 5.69. The van der Waals surface area contributed by atoms with E-state index >= 15 is 0 Å². The Morgan fingerprint density at radius 1 is 1.47 bits per heavy atom. The lowest BCUT2D eigenvalue weighted by atomic mass is 10.5. The van der Waals surface area contributed by atoms with Crippen molar-refractivity contribution in [3.8, 4) is 0 Å². The Kier molecular flexibility index (Phi) is 2.59. The van der Waals surface area contributed by atoms with Gasteiger partial charge in [-0.05, 0) is 0 Å². The van der Waals surface area contributed by atoms with Crippen LogP contribution in [0.3, 0.4) is 0 Å².